The van der Waals surface area contributed by atoms with Crippen LogP contribution in [0.5, 0.6) is 0 Å². The second-order valence-corrected chi connectivity index (χ2v) is 7.79. The Morgan fingerprint density at radius 2 is 1.85 bits per heavy atom. The van der Waals surface area contributed by atoms with Gasteiger partial charge in [0.25, 0.3) is 0 Å². The van der Waals surface area contributed by atoms with Crippen molar-refractivity contribution in [2.24, 2.45) is 5.41 Å². The molecule has 1 saturated carbocycles. The van der Waals surface area contributed by atoms with E-state index in [1.54, 1.807) is 11.9 Å². The molecule has 0 aromatic carbocycles. The number of nitrogens with one attached hydrogen (secondary N) is 1. The second kappa shape index (κ2) is 6.79. The van der Waals surface area contributed by atoms with Crippen molar-refractivity contribution < 1.29 is 9.53 Å². The first kappa shape index (κ1) is 17.3. The van der Waals surface area contributed by atoms with Crippen molar-refractivity contribution >= 4 is 6.09 Å². The van der Waals surface area contributed by atoms with Gasteiger partial charge in [0.1, 0.15) is 5.60 Å². The highest BCUT2D eigenvalue weighted by atomic mass is 16.6. The Kier molecular flexibility index (Phi) is 5.87. The predicted octanol–water partition coefficient (Wildman–Crippen LogP) is 3.41. The molecule has 0 bridgehead atoms. The largest absolute Gasteiger partial charge is 0.444 e. The van der Waals surface area contributed by atoms with Gasteiger partial charge in [-0.3, -0.25) is 0 Å². The molecule has 0 heterocycles. The molecule has 1 amide bonds. The molecule has 0 atom stereocenters. The van der Waals surface area contributed by atoms with Crippen LogP contribution in [0.1, 0.15) is 60.3 Å². The zero-order valence-electron chi connectivity index (χ0n) is 14.1. The number of likely N-dealkylation sites (N-methyl/N-ethyl adjacent to an activating group) is 1. The smallest absolute Gasteiger partial charge is 0.410 e. The fraction of sp³-hybridized carbons (Fsp3) is 0.938. The summed E-state index contributed by atoms with van der Waals surface area (Å²) in [7, 11) is 1.79. The zero-order valence-corrected chi connectivity index (χ0v) is 14.1. The van der Waals surface area contributed by atoms with E-state index in [4.69, 9.17) is 4.74 Å². The highest BCUT2D eigenvalue weighted by molar-refractivity contribution is 5.67. The molecule has 0 unspecified atom stereocenters. The van der Waals surface area contributed by atoms with Crippen molar-refractivity contribution in [1.29, 1.82) is 0 Å². The third-order valence-electron chi connectivity index (χ3n) is 3.92. The molecule has 118 valence electrons. The molecule has 20 heavy (non-hydrogen) atoms. The molecule has 1 aliphatic rings. The molecule has 0 saturated heterocycles. The molecule has 1 rings (SSSR count). The average molecular weight is 284 g/mol. The molecular formula is C16H32N2O2. The summed E-state index contributed by atoms with van der Waals surface area (Å²) in [5.41, 5.74) is 0.0826. The van der Waals surface area contributed by atoms with Crippen LogP contribution in [-0.4, -0.2) is 42.8 Å². The molecule has 1 aliphatic carbocycles. The molecule has 0 aliphatic heterocycles. The van der Waals surface area contributed by atoms with E-state index in [1.165, 1.54) is 25.7 Å². The maximum atomic E-state index is 11.8. The monoisotopic (exact) mass is 284 g/mol. The predicted molar refractivity (Wildman–Crippen MR) is 82.9 cm³/mol. The van der Waals surface area contributed by atoms with Gasteiger partial charge < -0.3 is 15.0 Å². The molecular weight excluding hydrogens is 252 g/mol. The van der Waals surface area contributed by atoms with Crippen molar-refractivity contribution in [2.45, 2.75) is 71.9 Å². The fourth-order valence-electron chi connectivity index (χ4n) is 2.47. The lowest BCUT2D eigenvalue weighted by Crippen LogP contribution is -2.42. The van der Waals surface area contributed by atoms with Crippen LogP contribution >= 0.6 is 0 Å². The molecule has 1 fully saturated rings. The Hall–Kier alpha value is -0.770. The summed E-state index contributed by atoms with van der Waals surface area (Å²) in [6.45, 7) is 11.9. The van der Waals surface area contributed by atoms with E-state index < -0.39 is 5.60 Å². The van der Waals surface area contributed by atoms with Gasteiger partial charge in [0.15, 0.2) is 0 Å². The summed E-state index contributed by atoms with van der Waals surface area (Å²) >= 11 is 0. The van der Waals surface area contributed by atoms with E-state index in [0.717, 1.165) is 6.54 Å². The lowest BCUT2D eigenvalue weighted by molar-refractivity contribution is 0.0298. The van der Waals surface area contributed by atoms with Crippen molar-refractivity contribution in [2.75, 3.05) is 20.1 Å². The van der Waals surface area contributed by atoms with Gasteiger partial charge in [0.2, 0.25) is 0 Å². The minimum atomic E-state index is -0.423. The van der Waals surface area contributed by atoms with Gasteiger partial charge >= 0.3 is 6.09 Å². The minimum absolute atomic E-state index is 0.246. The topological polar surface area (TPSA) is 41.6 Å². The summed E-state index contributed by atoms with van der Waals surface area (Å²) in [5.74, 6) is 0. The van der Waals surface area contributed by atoms with E-state index in [2.05, 4.69) is 19.2 Å². The quantitative estimate of drug-likeness (QED) is 0.860. The molecule has 0 spiro atoms. The van der Waals surface area contributed by atoms with Crippen LogP contribution in [0.3, 0.4) is 0 Å². The maximum absolute atomic E-state index is 11.8. The highest BCUT2D eigenvalue weighted by Gasteiger charge is 2.26. The zero-order chi connectivity index (χ0) is 15.4. The normalized spacial score (nSPS) is 19.7. The summed E-state index contributed by atoms with van der Waals surface area (Å²) in [5, 5.41) is 3.56. The Morgan fingerprint density at radius 1 is 1.30 bits per heavy atom. The van der Waals surface area contributed by atoms with Crippen molar-refractivity contribution in [3.63, 3.8) is 0 Å². The van der Waals surface area contributed by atoms with Gasteiger partial charge in [-0.05, 0) is 51.9 Å². The molecule has 0 radical (unpaired) electrons. The van der Waals surface area contributed by atoms with E-state index in [0.29, 0.717) is 18.0 Å². The van der Waals surface area contributed by atoms with Crippen molar-refractivity contribution in [3.8, 4) is 0 Å². The fourth-order valence-corrected chi connectivity index (χ4v) is 2.47. The van der Waals surface area contributed by atoms with Crippen LogP contribution in [0.4, 0.5) is 4.79 Å². The number of carbonyl (C=O) groups excluding carboxylic acids is 1. The van der Waals surface area contributed by atoms with Crippen LogP contribution in [0.25, 0.3) is 0 Å². The van der Waals surface area contributed by atoms with E-state index in [9.17, 15) is 4.79 Å². The number of nitrogens with zero attached hydrogens (tertiary/aromatic N) is 1. The first-order valence-corrected chi connectivity index (χ1v) is 7.77. The molecule has 4 nitrogen and oxygen atoms in total. The van der Waals surface area contributed by atoms with Crippen molar-refractivity contribution in [3.05, 3.63) is 0 Å². The van der Waals surface area contributed by atoms with Crippen LogP contribution < -0.4 is 5.32 Å². The summed E-state index contributed by atoms with van der Waals surface area (Å²) in [6, 6.07) is 0.607. The number of rotatable bonds is 4. The Balaban J connectivity index is 2.19. The second-order valence-electron chi connectivity index (χ2n) is 7.79. The minimum Gasteiger partial charge on any atom is -0.444 e. The van der Waals surface area contributed by atoms with Crippen LogP contribution in [0.15, 0.2) is 0 Å². The van der Waals surface area contributed by atoms with Crippen LogP contribution in [0.2, 0.25) is 0 Å². The number of hydrogen-bond donors (Lipinski definition) is 1. The number of carbonyl (C=O) groups is 1. The van der Waals surface area contributed by atoms with Crippen molar-refractivity contribution in [1.82, 2.24) is 10.2 Å². The number of ether oxygens (including phenoxy) is 1. The molecule has 4 heteroatoms. The molecule has 0 aromatic rings. The van der Waals surface area contributed by atoms with Gasteiger partial charge in [-0.15, -0.1) is 0 Å². The lowest BCUT2D eigenvalue weighted by atomic mass is 9.75. The van der Waals surface area contributed by atoms with E-state index >= 15 is 0 Å². The number of hydrogen-bond acceptors (Lipinski definition) is 3. The van der Waals surface area contributed by atoms with Gasteiger partial charge in [-0.25, -0.2) is 4.79 Å². The van der Waals surface area contributed by atoms with Gasteiger partial charge in [-0.2, -0.15) is 0 Å². The van der Waals surface area contributed by atoms with E-state index in [1.807, 2.05) is 20.8 Å². The molecule has 1 N–H and O–H groups in total. The summed E-state index contributed by atoms with van der Waals surface area (Å²) in [4.78, 5) is 13.4. The Labute approximate surface area is 124 Å². The molecule has 0 aromatic heterocycles. The van der Waals surface area contributed by atoms with Crippen LogP contribution in [-0.2, 0) is 4.74 Å². The standard InChI is InChI=1S/C16H32N2O2/c1-15(2,3)20-14(19)18(6)12-11-17-13-7-9-16(4,5)10-8-13/h13,17H,7-12H2,1-6H3. The Morgan fingerprint density at radius 3 is 2.35 bits per heavy atom. The van der Waals surface area contributed by atoms with Crippen LogP contribution in [0, 0.1) is 5.41 Å². The third kappa shape index (κ3) is 6.60. The summed E-state index contributed by atoms with van der Waals surface area (Å²) < 4.78 is 5.33. The van der Waals surface area contributed by atoms with Gasteiger partial charge in [-0.1, -0.05) is 13.8 Å². The third-order valence-corrected chi connectivity index (χ3v) is 3.92. The SMILES string of the molecule is CN(CCNC1CCC(C)(C)CC1)C(=O)OC(C)(C)C. The van der Waals surface area contributed by atoms with Gasteiger partial charge in [0.05, 0.1) is 0 Å². The average Bonchev–Trinajstić information content (AvgIpc) is 2.29. The lowest BCUT2D eigenvalue weighted by Gasteiger charge is -2.35. The van der Waals surface area contributed by atoms with E-state index in [-0.39, 0.29) is 6.09 Å². The maximum Gasteiger partial charge on any atom is 0.410 e. The van der Waals surface area contributed by atoms with Gasteiger partial charge in [0, 0.05) is 26.2 Å². The first-order chi connectivity index (χ1) is 9.09. The number of amides is 1. The summed E-state index contributed by atoms with van der Waals surface area (Å²) in [6.07, 6.45) is 4.80. The highest BCUT2D eigenvalue weighted by Crippen LogP contribution is 2.34. The first-order valence-electron chi connectivity index (χ1n) is 7.77. The Bertz CT molecular complexity index is 311.